The summed E-state index contributed by atoms with van der Waals surface area (Å²) < 4.78 is 0. The Bertz CT molecular complexity index is 640. The highest BCUT2D eigenvalue weighted by atomic mass is 16.1. The van der Waals surface area contributed by atoms with Crippen molar-refractivity contribution in [2.45, 2.75) is 45.4 Å². The molecule has 21 heavy (non-hydrogen) atoms. The second-order valence-electron chi connectivity index (χ2n) is 5.85. The van der Waals surface area contributed by atoms with E-state index < -0.39 is 0 Å². The van der Waals surface area contributed by atoms with Gasteiger partial charge in [-0.3, -0.25) is 9.89 Å². The van der Waals surface area contributed by atoms with Gasteiger partial charge in [0.05, 0.1) is 17.1 Å². The summed E-state index contributed by atoms with van der Waals surface area (Å²) in [6.45, 7) is 3.82. The van der Waals surface area contributed by atoms with Gasteiger partial charge in [0.25, 0.3) is 0 Å². The number of aromatic amines is 1. The molecule has 1 atom stereocenters. The summed E-state index contributed by atoms with van der Waals surface area (Å²) in [7, 11) is 0. The van der Waals surface area contributed by atoms with Crippen LogP contribution in [0.5, 0.6) is 0 Å². The molecule has 1 aromatic heterocycles. The van der Waals surface area contributed by atoms with Gasteiger partial charge in [0.2, 0.25) is 5.91 Å². The van der Waals surface area contributed by atoms with Gasteiger partial charge in [0.1, 0.15) is 0 Å². The van der Waals surface area contributed by atoms with Crippen molar-refractivity contribution in [1.82, 2.24) is 10.2 Å². The van der Waals surface area contributed by atoms with E-state index in [1.165, 1.54) is 17.5 Å². The Labute approximate surface area is 125 Å². The van der Waals surface area contributed by atoms with E-state index in [4.69, 9.17) is 0 Å². The molecule has 0 saturated carbocycles. The van der Waals surface area contributed by atoms with E-state index in [0.29, 0.717) is 12.3 Å². The predicted octanol–water partition coefficient (Wildman–Crippen LogP) is 3.48. The lowest BCUT2D eigenvalue weighted by molar-refractivity contribution is -0.116. The first-order valence-electron chi connectivity index (χ1n) is 7.54. The molecular weight excluding hydrogens is 262 g/mol. The van der Waals surface area contributed by atoms with E-state index in [2.05, 4.69) is 39.8 Å². The molecule has 4 heteroatoms. The quantitative estimate of drug-likeness (QED) is 0.906. The van der Waals surface area contributed by atoms with E-state index in [0.717, 1.165) is 29.9 Å². The Morgan fingerprint density at radius 3 is 2.95 bits per heavy atom. The number of fused-ring (bicyclic) bond motifs is 1. The van der Waals surface area contributed by atoms with Crippen molar-refractivity contribution in [2.24, 2.45) is 0 Å². The van der Waals surface area contributed by atoms with Gasteiger partial charge in [-0.05, 0) is 50.2 Å². The fourth-order valence-corrected chi connectivity index (χ4v) is 3.22. The molecule has 2 N–H and O–H groups in total. The molecule has 2 aromatic rings. The molecule has 1 aliphatic rings. The first-order valence-corrected chi connectivity index (χ1v) is 7.54. The van der Waals surface area contributed by atoms with Gasteiger partial charge in [-0.2, -0.15) is 5.10 Å². The zero-order valence-corrected chi connectivity index (χ0v) is 12.6. The molecule has 1 unspecified atom stereocenters. The third-order valence-electron chi connectivity index (χ3n) is 4.32. The number of benzene rings is 1. The Kier molecular flexibility index (Phi) is 3.78. The van der Waals surface area contributed by atoms with Crippen molar-refractivity contribution in [1.29, 1.82) is 0 Å². The van der Waals surface area contributed by atoms with E-state index in [1.54, 1.807) is 0 Å². The Hall–Kier alpha value is -2.10. The highest BCUT2D eigenvalue weighted by Gasteiger charge is 2.22. The topological polar surface area (TPSA) is 57.8 Å². The smallest absolute Gasteiger partial charge is 0.225 e. The molecule has 1 aromatic carbocycles. The van der Waals surface area contributed by atoms with Crippen molar-refractivity contribution in [3.63, 3.8) is 0 Å². The number of anilines is 1. The van der Waals surface area contributed by atoms with Crippen LogP contribution in [0.1, 0.15) is 47.7 Å². The zero-order valence-electron chi connectivity index (χ0n) is 12.6. The highest BCUT2D eigenvalue weighted by Crippen LogP contribution is 2.34. The van der Waals surface area contributed by atoms with E-state index in [-0.39, 0.29) is 5.91 Å². The molecule has 0 spiro atoms. The van der Waals surface area contributed by atoms with Gasteiger partial charge < -0.3 is 5.32 Å². The fourth-order valence-electron chi connectivity index (χ4n) is 3.22. The summed E-state index contributed by atoms with van der Waals surface area (Å²) in [5.74, 6) is 0.409. The van der Waals surface area contributed by atoms with Crippen molar-refractivity contribution in [2.75, 3.05) is 5.32 Å². The van der Waals surface area contributed by atoms with Gasteiger partial charge in [0.15, 0.2) is 0 Å². The van der Waals surface area contributed by atoms with E-state index >= 15 is 0 Å². The highest BCUT2D eigenvalue weighted by molar-refractivity contribution is 5.92. The van der Waals surface area contributed by atoms with Gasteiger partial charge >= 0.3 is 0 Å². The third-order valence-corrected chi connectivity index (χ3v) is 4.32. The van der Waals surface area contributed by atoms with E-state index in [9.17, 15) is 4.79 Å². The maximum absolute atomic E-state index is 12.3. The van der Waals surface area contributed by atoms with Crippen molar-refractivity contribution in [3.05, 3.63) is 46.8 Å². The standard InChI is InChI=1S/C17H21N3O/c1-11-17(12(2)20-19-11)18-16(21)10-14-8-5-7-13-6-3-4-9-15(13)14/h3-4,6,9,14H,5,7-8,10H2,1-2H3,(H,18,21)(H,19,20). The van der Waals surface area contributed by atoms with Gasteiger partial charge in [0, 0.05) is 6.42 Å². The largest absolute Gasteiger partial charge is 0.323 e. The number of H-pyrrole nitrogens is 1. The molecule has 110 valence electrons. The number of hydrogen-bond acceptors (Lipinski definition) is 2. The van der Waals surface area contributed by atoms with Crippen LogP contribution in [-0.4, -0.2) is 16.1 Å². The molecule has 0 bridgehead atoms. The number of aryl methyl sites for hydroxylation is 3. The van der Waals surface area contributed by atoms with Crippen LogP contribution in [0, 0.1) is 13.8 Å². The third kappa shape index (κ3) is 2.84. The second-order valence-corrected chi connectivity index (χ2v) is 5.85. The van der Waals surface area contributed by atoms with Crippen LogP contribution in [0.3, 0.4) is 0 Å². The summed E-state index contributed by atoms with van der Waals surface area (Å²) >= 11 is 0. The summed E-state index contributed by atoms with van der Waals surface area (Å²) in [5, 5.41) is 10.0. The Morgan fingerprint density at radius 1 is 1.38 bits per heavy atom. The molecule has 0 aliphatic heterocycles. The predicted molar refractivity (Wildman–Crippen MR) is 83.4 cm³/mol. The molecule has 0 fully saturated rings. The van der Waals surface area contributed by atoms with Crippen LogP contribution in [0.4, 0.5) is 5.69 Å². The molecule has 0 saturated heterocycles. The van der Waals surface area contributed by atoms with Crippen LogP contribution in [0.2, 0.25) is 0 Å². The van der Waals surface area contributed by atoms with Crippen molar-refractivity contribution < 1.29 is 4.79 Å². The monoisotopic (exact) mass is 283 g/mol. The second kappa shape index (κ2) is 5.72. The van der Waals surface area contributed by atoms with Crippen LogP contribution >= 0.6 is 0 Å². The van der Waals surface area contributed by atoms with Crippen LogP contribution in [0.15, 0.2) is 24.3 Å². The number of rotatable bonds is 3. The Morgan fingerprint density at radius 2 is 2.19 bits per heavy atom. The normalized spacial score (nSPS) is 17.3. The summed E-state index contributed by atoms with van der Waals surface area (Å²) in [6, 6.07) is 8.50. The first-order chi connectivity index (χ1) is 10.1. The number of nitrogens with zero attached hydrogens (tertiary/aromatic N) is 1. The average molecular weight is 283 g/mol. The zero-order chi connectivity index (χ0) is 14.8. The SMILES string of the molecule is Cc1n[nH]c(C)c1NC(=O)CC1CCCc2ccccc21. The molecule has 3 rings (SSSR count). The molecule has 1 aliphatic carbocycles. The average Bonchev–Trinajstić information content (AvgIpc) is 2.79. The van der Waals surface area contributed by atoms with Crippen LogP contribution < -0.4 is 5.32 Å². The minimum atomic E-state index is 0.0734. The van der Waals surface area contributed by atoms with Crippen LogP contribution in [0.25, 0.3) is 0 Å². The van der Waals surface area contributed by atoms with Gasteiger partial charge in [-0.1, -0.05) is 24.3 Å². The molecule has 1 amide bonds. The fraction of sp³-hybridized carbons (Fsp3) is 0.412. The number of amides is 1. The number of carbonyl (C=O) groups excluding carboxylic acids is 1. The lowest BCUT2D eigenvalue weighted by atomic mass is 9.81. The number of carbonyl (C=O) groups is 1. The number of hydrogen-bond donors (Lipinski definition) is 2. The van der Waals surface area contributed by atoms with Crippen molar-refractivity contribution in [3.8, 4) is 0 Å². The van der Waals surface area contributed by atoms with Crippen LogP contribution in [-0.2, 0) is 11.2 Å². The summed E-state index contributed by atoms with van der Waals surface area (Å²) in [5.41, 5.74) is 5.32. The maximum atomic E-state index is 12.3. The number of nitrogens with one attached hydrogen (secondary N) is 2. The summed E-state index contributed by atoms with van der Waals surface area (Å²) in [4.78, 5) is 12.3. The minimum Gasteiger partial charge on any atom is -0.323 e. The van der Waals surface area contributed by atoms with Gasteiger partial charge in [-0.15, -0.1) is 0 Å². The lowest BCUT2D eigenvalue weighted by Crippen LogP contribution is -2.19. The summed E-state index contributed by atoms with van der Waals surface area (Å²) in [6.07, 6.45) is 3.93. The van der Waals surface area contributed by atoms with Crippen molar-refractivity contribution >= 4 is 11.6 Å². The molecular formula is C17H21N3O. The van der Waals surface area contributed by atoms with Gasteiger partial charge in [-0.25, -0.2) is 0 Å². The molecule has 1 heterocycles. The molecule has 0 radical (unpaired) electrons. The maximum Gasteiger partial charge on any atom is 0.225 e. The van der Waals surface area contributed by atoms with E-state index in [1.807, 2.05) is 13.8 Å². The minimum absolute atomic E-state index is 0.0734. The Balaban J connectivity index is 1.72. The first kappa shape index (κ1) is 13.9. The lowest BCUT2D eigenvalue weighted by Gasteiger charge is -2.25. The molecule has 4 nitrogen and oxygen atoms in total. The number of aromatic nitrogens is 2.